The Bertz CT molecular complexity index is 1090. The van der Waals surface area contributed by atoms with Crippen LogP contribution in [0.2, 0.25) is 0 Å². The molecule has 3 nitrogen and oxygen atoms in total. The number of hydrogen-bond donors (Lipinski definition) is 1. The van der Waals surface area contributed by atoms with E-state index in [2.05, 4.69) is 18.8 Å². The predicted octanol–water partition coefficient (Wildman–Crippen LogP) is 6.53. The van der Waals surface area contributed by atoms with Crippen LogP contribution in [0.1, 0.15) is 61.3 Å². The van der Waals surface area contributed by atoms with Gasteiger partial charge in [0.15, 0.2) is 0 Å². The van der Waals surface area contributed by atoms with Crippen LogP contribution in [0, 0.1) is 5.92 Å². The largest absolute Gasteiger partial charge is 0.416 e. The third-order valence-electron chi connectivity index (χ3n) is 6.72. The topological polar surface area (TPSA) is 36.1 Å². The molecule has 3 aromatic rings. The van der Waals surface area contributed by atoms with Crippen molar-refractivity contribution < 1.29 is 18.0 Å². The zero-order chi connectivity index (χ0) is 22.9. The average molecular weight is 443 g/mol. The molecule has 1 amide bonds. The molecule has 1 aromatic heterocycles. The van der Waals surface area contributed by atoms with E-state index in [1.54, 1.807) is 6.07 Å². The number of nitrogens with zero attached hydrogens (tertiary/aromatic N) is 1. The lowest BCUT2D eigenvalue weighted by Crippen LogP contribution is -2.38. The highest BCUT2D eigenvalue weighted by molar-refractivity contribution is 5.88. The average Bonchev–Trinajstić information content (AvgIpc) is 3.21. The number of fused-ring (bicyclic) bond motifs is 1. The first-order chi connectivity index (χ1) is 15.3. The van der Waals surface area contributed by atoms with Crippen LogP contribution in [-0.4, -0.2) is 28.9 Å². The molecular formula is C26H29F3N2O. The molecule has 0 aliphatic carbocycles. The third-order valence-corrected chi connectivity index (χ3v) is 6.72. The van der Waals surface area contributed by atoms with Crippen molar-refractivity contribution >= 4 is 16.8 Å². The van der Waals surface area contributed by atoms with Crippen molar-refractivity contribution in [2.24, 2.45) is 5.92 Å². The number of rotatable bonds is 5. The summed E-state index contributed by atoms with van der Waals surface area (Å²) in [5.74, 6) is 0.143. The maximum atomic E-state index is 13.4. The summed E-state index contributed by atoms with van der Waals surface area (Å²) < 4.78 is 40.3. The second-order valence-electron chi connectivity index (χ2n) is 8.88. The SMILES string of the molecule is CCc1cccc2c([C@H](CC(=O)N3CCC(C)CC3)c3cccc(C(F)(F)F)c3)c[nH]c12. The van der Waals surface area contributed by atoms with Crippen LogP contribution < -0.4 is 0 Å². The number of nitrogens with one attached hydrogen (secondary N) is 1. The number of aromatic amines is 1. The van der Waals surface area contributed by atoms with Crippen molar-refractivity contribution in [1.29, 1.82) is 0 Å². The van der Waals surface area contributed by atoms with E-state index in [-0.39, 0.29) is 12.3 Å². The summed E-state index contributed by atoms with van der Waals surface area (Å²) in [4.78, 5) is 18.4. The zero-order valence-electron chi connectivity index (χ0n) is 18.5. The van der Waals surface area contributed by atoms with Crippen LogP contribution in [-0.2, 0) is 17.4 Å². The van der Waals surface area contributed by atoms with Gasteiger partial charge in [-0.3, -0.25) is 4.79 Å². The summed E-state index contributed by atoms with van der Waals surface area (Å²) in [5, 5.41) is 0.965. The summed E-state index contributed by atoms with van der Waals surface area (Å²) in [7, 11) is 0. The number of carbonyl (C=O) groups excluding carboxylic acids is 1. The molecule has 1 aliphatic heterocycles. The van der Waals surface area contributed by atoms with E-state index in [1.807, 2.05) is 29.3 Å². The van der Waals surface area contributed by atoms with E-state index in [0.717, 1.165) is 47.4 Å². The highest BCUT2D eigenvalue weighted by Gasteiger charge is 2.32. The van der Waals surface area contributed by atoms with Gasteiger partial charge in [0.25, 0.3) is 0 Å². The minimum Gasteiger partial charge on any atom is -0.361 e. The number of H-pyrrole nitrogens is 1. The first-order valence-corrected chi connectivity index (χ1v) is 11.3. The normalized spacial score (nSPS) is 16.5. The molecule has 1 atom stereocenters. The summed E-state index contributed by atoms with van der Waals surface area (Å²) in [6.45, 7) is 5.68. The first kappa shape index (κ1) is 22.4. The van der Waals surface area contributed by atoms with E-state index in [0.29, 0.717) is 24.6 Å². The smallest absolute Gasteiger partial charge is 0.361 e. The molecule has 0 radical (unpaired) electrons. The molecule has 6 heteroatoms. The van der Waals surface area contributed by atoms with Crippen molar-refractivity contribution in [3.8, 4) is 0 Å². The van der Waals surface area contributed by atoms with E-state index in [9.17, 15) is 18.0 Å². The van der Waals surface area contributed by atoms with Crippen LogP contribution >= 0.6 is 0 Å². The van der Waals surface area contributed by atoms with Crippen LogP contribution in [0.25, 0.3) is 10.9 Å². The second-order valence-corrected chi connectivity index (χ2v) is 8.88. The van der Waals surface area contributed by atoms with E-state index >= 15 is 0 Å². The zero-order valence-corrected chi connectivity index (χ0v) is 18.5. The summed E-state index contributed by atoms with van der Waals surface area (Å²) in [5.41, 5.74) is 2.83. The Hall–Kier alpha value is -2.76. The van der Waals surface area contributed by atoms with Gasteiger partial charge in [-0.1, -0.05) is 50.2 Å². The van der Waals surface area contributed by atoms with Crippen LogP contribution in [0.4, 0.5) is 13.2 Å². The highest BCUT2D eigenvalue weighted by atomic mass is 19.4. The number of amides is 1. The molecule has 2 heterocycles. The second kappa shape index (κ2) is 9.00. The van der Waals surface area contributed by atoms with Crippen LogP contribution in [0.3, 0.4) is 0 Å². The number of hydrogen-bond acceptors (Lipinski definition) is 1. The number of benzene rings is 2. The standard InChI is InChI=1S/C26H29F3N2O/c1-3-18-6-5-9-21-23(16-30-25(18)21)22(15-24(32)31-12-10-17(2)11-13-31)19-7-4-8-20(14-19)26(27,28)29/h4-9,14,16-17,22,30H,3,10-13,15H2,1-2H3/t22-/m1/s1. The van der Waals surface area contributed by atoms with Crippen molar-refractivity contribution in [2.45, 2.75) is 51.6 Å². The van der Waals surface area contributed by atoms with Gasteiger partial charge in [0.1, 0.15) is 0 Å². The summed E-state index contributed by atoms with van der Waals surface area (Å²) in [6, 6.07) is 11.4. The molecule has 0 spiro atoms. The molecule has 32 heavy (non-hydrogen) atoms. The lowest BCUT2D eigenvalue weighted by molar-refractivity contribution is -0.137. The molecule has 4 rings (SSSR count). The van der Waals surface area contributed by atoms with Gasteiger partial charge in [-0.2, -0.15) is 13.2 Å². The van der Waals surface area contributed by atoms with Gasteiger partial charge in [-0.25, -0.2) is 0 Å². The summed E-state index contributed by atoms with van der Waals surface area (Å²) >= 11 is 0. The van der Waals surface area contributed by atoms with Gasteiger partial charge in [-0.05, 0) is 47.9 Å². The molecule has 0 saturated carbocycles. The van der Waals surface area contributed by atoms with Crippen molar-refractivity contribution in [2.75, 3.05) is 13.1 Å². The fourth-order valence-corrected chi connectivity index (χ4v) is 4.72. The Morgan fingerprint density at radius 1 is 1.16 bits per heavy atom. The Morgan fingerprint density at radius 2 is 1.88 bits per heavy atom. The molecule has 0 unspecified atom stereocenters. The monoisotopic (exact) mass is 442 g/mol. The Kier molecular flexibility index (Phi) is 6.31. The molecule has 0 bridgehead atoms. The minimum absolute atomic E-state index is 0.000285. The predicted molar refractivity (Wildman–Crippen MR) is 121 cm³/mol. The number of para-hydroxylation sites is 1. The molecular weight excluding hydrogens is 413 g/mol. The highest BCUT2D eigenvalue weighted by Crippen LogP contribution is 2.38. The van der Waals surface area contributed by atoms with E-state index in [1.165, 1.54) is 12.1 Å². The van der Waals surface area contributed by atoms with Crippen molar-refractivity contribution in [3.05, 3.63) is 70.9 Å². The van der Waals surface area contributed by atoms with Gasteiger partial charge < -0.3 is 9.88 Å². The number of likely N-dealkylation sites (tertiary alicyclic amines) is 1. The van der Waals surface area contributed by atoms with Crippen molar-refractivity contribution in [3.63, 3.8) is 0 Å². The minimum atomic E-state index is -4.43. The van der Waals surface area contributed by atoms with Crippen LogP contribution in [0.15, 0.2) is 48.7 Å². The molecule has 1 fully saturated rings. The molecule has 1 aliphatic rings. The fraction of sp³-hybridized carbons (Fsp3) is 0.423. The van der Waals surface area contributed by atoms with Gasteiger partial charge in [-0.15, -0.1) is 0 Å². The van der Waals surface area contributed by atoms with Gasteiger partial charge in [0.05, 0.1) is 5.56 Å². The van der Waals surface area contributed by atoms with Crippen LogP contribution in [0.5, 0.6) is 0 Å². The van der Waals surface area contributed by atoms with Crippen molar-refractivity contribution in [1.82, 2.24) is 9.88 Å². The third kappa shape index (κ3) is 4.54. The van der Waals surface area contributed by atoms with E-state index in [4.69, 9.17) is 0 Å². The number of aryl methyl sites for hydroxylation is 1. The maximum Gasteiger partial charge on any atom is 0.416 e. The molecule has 2 aromatic carbocycles. The molecule has 1 N–H and O–H groups in total. The summed E-state index contributed by atoms with van der Waals surface area (Å²) in [6.07, 6.45) is 0.360. The molecule has 170 valence electrons. The first-order valence-electron chi connectivity index (χ1n) is 11.3. The van der Waals surface area contributed by atoms with Gasteiger partial charge in [0.2, 0.25) is 5.91 Å². The quantitative estimate of drug-likeness (QED) is 0.479. The molecule has 1 saturated heterocycles. The lowest BCUT2D eigenvalue weighted by atomic mass is 9.86. The number of aromatic nitrogens is 1. The van der Waals surface area contributed by atoms with Gasteiger partial charge >= 0.3 is 6.18 Å². The van der Waals surface area contributed by atoms with Gasteiger partial charge in [0, 0.05) is 42.5 Å². The van der Waals surface area contributed by atoms with E-state index < -0.39 is 17.7 Å². The lowest BCUT2D eigenvalue weighted by Gasteiger charge is -2.31. The Morgan fingerprint density at radius 3 is 2.56 bits per heavy atom. The number of carbonyl (C=O) groups is 1. The number of halogens is 3. The Balaban J connectivity index is 1.75. The fourth-order valence-electron chi connectivity index (χ4n) is 4.72. The maximum absolute atomic E-state index is 13.4. The Labute approximate surface area is 186 Å². The number of alkyl halides is 3. The number of piperidine rings is 1.